The molecule has 4 rings (SSSR count). The molecule has 0 saturated heterocycles. The lowest BCUT2D eigenvalue weighted by Crippen LogP contribution is -2.01. The predicted octanol–water partition coefficient (Wildman–Crippen LogP) is 5.99. The first kappa shape index (κ1) is 20.6. The predicted molar refractivity (Wildman–Crippen MR) is 119 cm³/mol. The fraction of sp³-hybridized carbons (Fsp3) is 0.125. The van der Waals surface area contributed by atoms with Gasteiger partial charge in [0.15, 0.2) is 22.1 Å². The Kier molecular flexibility index (Phi) is 5.95. The average molecular weight is 436 g/mol. The standard InChI is InChI=1S/C24H20O6S/c1-27-19-12-18-21(13-20(19)28-2)31-23(24(25)26)22(18)29-14-15-7-6-10-17(11-15)30-16-8-4-3-5-9-16/h3-13H,14H2,1-2H3,(H,25,26). The van der Waals surface area contributed by atoms with E-state index in [0.29, 0.717) is 28.4 Å². The highest BCUT2D eigenvalue weighted by Crippen LogP contribution is 2.43. The van der Waals surface area contributed by atoms with Gasteiger partial charge in [-0.15, -0.1) is 11.3 Å². The van der Waals surface area contributed by atoms with Crippen LogP contribution in [0.4, 0.5) is 0 Å². The van der Waals surface area contributed by atoms with Gasteiger partial charge in [-0.1, -0.05) is 30.3 Å². The smallest absolute Gasteiger partial charge is 0.349 e. The van der Waals surface area contributed by atoms with Gasteiger partial charge < -0.3 is 24.1 Å². The maximum absolute atomic E-state index is 11.8. The van der Waals surface area contributed by atoms with Crippen LogP contribution in [0.3, 0.4) is 0 Å². The number of aromatic carboxylic acids is 1. The van der Waals surface area contributed by atoms with Crippen molar-refractivity contribution in [3.8, 4) is 28.7 Å². The summed E-state index contributed by atoms with van der Waals surface area (Å²) in [6.45, 7) is 0.187. The first-order valence-electron chi connectivity index (χ1n) is 9.45. The zero-order valence-electron chi connectivity index (χ0n) is 17.0. The van der Waals surface area contributed by atoms with E-state index in [-0.39, 0.29) is 11.5 Å². The summed E-state index contributed by atoms with van der Waals surface area (Å²) in [6, 6.07) is 20.5. The number of methoxy groups -OCH3 is 2. The molecule has 1 aromatic heterocycles. The Labute approximate surface area is 183 Å². The van der Waals surface area contributed by atoms with Crippen molar-refractivity contribution < 1.29 is 28.8 Å². The number of carbonyl (C=O) groups is 1. The maximum Gasteiger partial charge on any atom is 0.349 e. The zero-order chi connectivity index (χ0) is 21.8. The summed E-state index contributed by atoms with van der Waals surface area (Å²) < 4.78 is 23.3. The molecule has 0 aliphatic rings. The number of carboxylic acid groups (broad SMARTS) is 1. The molecule has 0 spiro atoms. The lowest BCUT2D eigenvalue weighted by molar-refractivity contribution is 0.0698. The highest BCUT2D eigenvalue weighted by molar-refractivity contribution is 7.21. The Bertz CT molecular complexity index is 1220. The number of rotatable bonds is 8. The third-order valence-electron chi connectivity index (χ3n) is 4.60. The van der Waals surface area contributed by atoms with E-state index in [1.165, 1.54) is 14.2 Å². The minimum atomic E-state index is -1.05. The molecule has 0 aliphatic carbocycles. The number of thiophene rings is 1. The highest BCUT2D eigenvalue weighted by atomic mass is 32.1. The van der Waals surface area contributed by atoms with Crippen LogP contribution in [0.25, 0.3) is 10.1 Å². The summed E-state index contributed by atoms with van der Waals surface area (Å²) >= 11 is 1.14. The molecule has 31 heavy (non-hydrogen) atoms. The van der Waals surface area contributed by atoms with Crippen LogP contribution < -0.4 is 18.9 Å². The summed E-state index contributed by atoms with van der Waals surface area (Å²) in [7, 11) is 3.07. The normalized spacial score (nSPS) is 10.6. The van der Waals surface area contributed by atoms with Crippen LogP contribution in [0.15, 0.2) is 66.7 Å². The molecule has 7 heteroatoms. The molecule has 0 bridgehead atoms. The molecule has 0 atom stereocenters. The average Bonchev–Trinajstić information content (AvgIpc) is 3.15. The topological polar surface area (TPSA) is 74.2 Å². The number of ether oxygens (including phenoxy) is 4. The molecular weight excluding hydrogens is 416 g/mol. The summed E-state index contributed by atoms with van der Waals surface area (Å²) in [4.78, 5) is 11.9. The van der Waals surface area contributed by atoms with E-state index in [1.54, 1.807) is 12.1 Å². The Hall–Kier alpha value is -3.71. The molecule has 1 heterocycles. The lowest BCUT2D eigenvalue weighted by atomic mass is 10.2. The van der Waals surface area contributed by atoms with Crippen molar-refractivity contribution in [2.24, 2.45) is 0 Å². The third kappa shape index (κ3) is 4.41. The first-order valence-corrected chi connectivity index (χ1v) is 10.3. The second kappa shape index (κ2) is 8.97. The lowest BCUT2D eigenvalue weighted by Gasteiger charge is -2.11. The molecule has 0 fully saturated rings. The molecule has 158 valence electrons. The highest BCUT2D eigenvalue weighted by Gasteiger charge is 2.22. The Morgan fingerprint density at radius 2 is 1.61 bits per heavy atom. The molecule has 0 unspecified atom stereocenters. The van der Waals surface area contributed by atoms with Crippen molar-refractivity contribution in [3.63, 3.8) is 0 Å². The molecule has 0 amide bonds. The van der Waals surface area contributed by atoms with E-state index in [9.17, 15) is 9.90 Å². The van der Waals surface area contributed by atoms with Crippen molar-refractivity contribution in [1.29, 1.82) is 0 Å². The van der Waals surface area contributed by atoms with Gasteiger partial charge in [-0.25, -0.2) is 4.79 Å². The van der Waals surface area contributed by atoms with Crippen LogP contribution in [0.2, 0.25) is 0 Å². The van der Waals surface area contributed by atoms with Crippen molar-refractivity contribution in [1.82, 2.24) is 0 Å². The molecule has 0 radical (unpaired) electrons. The zero-order valence-corrected chi connectivity index (χ0v) is 17.8. The van der Waals surface area contributed by atoms with Crippen LogP contribution in [0.5, 0.6) is 28.7 Å². The van der Waals surface area contributed by atoms with Crippen LogP contribution in [-0.2, 0) is 6.61 Å². The largest absolute Gasteiger partial charge is 0.493 e. The van der Waals surface area contributed by atoms with Crippen molar-refractivity contribution in [2.45, 2.75) is 6.61 Å². The van der Waals surface area contributed by atoms with Crippen LogP contribution in [0.1, 0.15) is 15.2 Å². The maximum atomic E-state index is 11.8. The molecular formula is C24H20O6S. The van der Waals surface area contributed by atoms with E-state index in [4.69, 9.17) is 18.9 Å². The Morgan fingerprint density at radius 1 is 0.903 bits per heavy atom. The van der Waals surface area contributed by atoms with Gasteiger partial charge in [0, 0.05) is 16.2 Å². The summed E-state index contributed by atoms with van der Waals surface area (Å²) in [5.74, 6) is 1.71. The summed E-state index contributed by atoms with van der Waals surface area (Å²) in [5, 5.41) is 10.3. The molecule has 4 aromatic rings. The first-order chi connectivity index (χ1) is 15.1. The number of fused-ring (bicyclic) bond motifs is 1. The van der Waals surface area contributed by atoms with Gasteiger partial charge in [0.25, 0.3) is 0 Å². The molecule has 3 aromatic carbocycles. The monoisotopic (exact) mass is 436 g/mol. The van der Waals surface area contributed by atoms with Crippen LogP contribution >= 0.6 is 11.3 Å². The van der Waals surface area contributed by atoms with Crippen molar-refractivity contribution in [2.75, 3.05) is 14.2 Å². The second-order valence-corrected chi connectivity index (χ2v) is 7.67. The van der Waals surface area contributed by atoms with E-state index < -0.39 is 5.97 Å². The number of hydrogen-bond acceptors (Lipinski definition) is 6. The third-order valence-corrected chi connectivity index (χ3v) is 5.73. The molecule has 1 N–H and O–H groups in total. The Balaban J connectivity index is 1.62. The Morgan fingerprint density at radius 3 is 2.32 bits per heavy atom. The number of para-hydroxylation sites is 1. The minimum Gasteiger partial charge on any atom is -0.493 e. The van der Waals surface area contributed by atoms with E-state index >= 15 is 0 Å². The van der Waals surface area contributed by atoms with E-state index in [2.05, 4.69) is 0 Å². The van der Waals surface area contributed by atoms with Gasteiger partial charge >= 0.3 is 5.97 Å². The number of carboxylic acids is 1. The molecule has 6 nitrogen and oxygen atoms in total. The van der Waals surface area contributed by atoms with Crippen LogP contribution in [0, 0.1) is 0 Å². The second-order valence-electron chi connectivity index (χ2n) is 6.62. The van der Waals surface area contributed by atoms with E-state index in [0.717, 1.165) is 27.3 Å². The quantitative estimate of drug-likeness (QED) is 0.366. The van der Waals surface area contributed by atoms with Gasteiger partial charge in [0.1, 0.15) is 18.1 Å². The van der Waals surface area contributed by atoms with Gasteiger partial charge in [0.05, 0.1) is 14.2 Å². The fourth-order valence-electron chi connectivity index (χ4n) is 3.16. The number of benzene rings is 3. The van der Waals surface area contributed by atoms with Gasteiger partial charge in [-0.05, 0) is 35.9 Å². The minimum absolute atomic E-state index is 0.127. The molecule has 0 saturated carbocycles. The van der Waals surface area contributed by atoms with E-state index in [1.807, 2.05) is 54.6 Å². The summed E-state index contributed by atoms with van der Waals surface area (Å²) in [6.07, 6.45) is 0. The van der Waals surface area contributed by atoms with Crippen molar-refractivity contribution >= 4 is 27.4 Å². The fourth-order valence-corrected chi connectivity index (χ4v) is 4.16. The van der Waals surface area contributed by atoms with Gasteiger partial charge in [-0.3, -0.25) is 0 Å². The summed E-state index contributed by atoms with van der Waals surface area (Å²) in [5.41, 5.74) is 0.851. The van der Waals surface area contributed by atoms with Gasteiger partial charge in [0.2, 0.25) is 0 Å². The number of hydrogen-bond donors (Lipinski definition) is 1. The SMILES string of the molecule is COc1cc2sc(C(=O)O)c(OCc3cccc(Oc4ccccc4)c3)c2cc1OC. The van der Waals surface area contributed by atoms with Crippen molar-refractivity contribution in [3.05, 3.63) is 77.2 Å². The van der Waals surface area contributed by atoms with Gasteiger partial charge in [-0.2, -0.15) is 0 Å². The molecule has 0 aliphatic heterocycles. The van der Waals surface area contributed by atoms with Crippen LogP contribution in [-0.4, -0.2) is 25.3 Å².